The zero-order chi connectivity index (χ0) is 17.5. The van der Waals surface area contributed by atoms with Crippen LogP contribution in [0.5, 0.6) is 0 Å². The topological polar surface area (TPSA) is 88.0 Å². The summed E-state index contributed by atoms with van der Waals surface area (Å²) in [5, 5.41) is 14.5. The number of hydrogen-bond donors (Lipinski definition) is 2. The molecule has 0 atom stereocenters. The van der Waals surface area contributed by atoms with Crippen molar-refractivity contribution in [3.05, 3.63) is 64.2 Å². The summed E-state index contributed by atoms with van der Waals surface area (Å²) in [6.07, 6.45) is 1.23. The molecule has 2 aromatic carbocycles. The van der Waals surface area contributed by atoms with Gasteiger partial charge in [0.05, 0.1) is 11.8 Å². The van der Waals surface area contributed by atoms with Crippen LogP contribution in [-0.2, 0) is 9.53 Å². The fraction of sp³-hybridized carbons (Fsp3) is 0.118. The Hall–Kier alpha value is -2.86. The minimum atomic E-state index is -0.625. The molecule has 0 aliphatic carbocycles. The van der Waals surface area contributed by atoms with E-state index in [1.807, 2.05) is 0 Å². The number of benzene rings is 2. The lowest BCUT2D eigenvalue weighted by Crippen LogP contribution is -2.21. The third-order valence-corrected chi connectivity index (χ3v) is 3.64. The molecule has 0 aliphatic rings. The lowest BCUT2D eigenvalue weighted by atomic mass is 10.1. The Bertz CT molecular complexity index is 773. The van der Waals surface area contributed by atoms with Gasteiger partial charge in [-0.1, -0.05) is 35.0 Å². The van der Waals surface area contributed by atoms with Crippen molar-refractivity contribution in [3.8, 4) is 0 Å². The highest BCUT2D eigenvalue weighted by Crippen LogP contribution is 2.22. The quantitative estimate of drug-likeness (QED) is 0.376. The lowest BCUT2D eigenvalue weighted by molar-refractivity contribution is -0.119. The van der Waals surface area contributed by atoms with Gasteiger partial charge in [0, 0.05) is 10.7 Å². The van der Waals surface area contributed by atoms with Gasteiger partial charge >= 0.3 is 5.97 Å². The Kier molecular flexibility index (Phi) is 5.92. The molecule has 0 unspecified atom stereocenters. The average molecular weight is 347 g/mol. The maximum atomic E-state index is 11.9. The van der Waals surface area contributed by atoms with Crippen molar-refractivity contribution in [3.63, 3.8) is 0 Å². The van der Waals surface area contributed by atoms with Crippen molar-refractivity contribution in [2.45, 2.75) is 6.92 Å². The van der Waals surface area contributed by atoms with Crippen LogP contribution in [-0.4, -0.2) is 29.9 Å². The summed E-state index contributed by atoms with van der Waals surface area (Å²) < 4.78 is 4.97. The molecule has 0 radical (unpaired) electrons. The first-order chi connectivity index (χ1) is 11.5. The summed E-state index contributed by atoms with van der Waals surface area (Å²) in [4.78, 5) is 23.8. The van der Waals surface area contributed by atoms with E-state index in [-0.39, 0.29) is 5.56 Å². The summed E-state index contributed by atoms with van der Waals surface area (Å²) in [7, 11) is 0. The average Bonchev–Trinajstić information content (AvgIpc) is 2.58. The van der Waals surface area contributed by atoms with E-state index in [0.29, 0.717) is 16.3 Å². The monoisotopic (exact) mass is 346 g/mol. The smallest absolute Gasteiger partial charge is 0.338 e. The highest BCUT2D eigenvalue weighted by atomic mass is 35.5. The molecule has 0 fully saturated rings. The minimum Gasteiger partial charge on any atom is -0.452 e. The lowest BCUT2D eigenvalue weighted by Gasteiger charge is -2.10. The van der Waals surface area contributed by atoms with Gasteiger partial charge in [-0.2, -0.15) is 0 Å². The van der Waals surface area contributed by atoms with Crippen molar-refractivity contribution in [1.29, 1.82) is 0 Å². The molecule has 2 N–H and O–H groups in total. The second-order valence-corrected chi connectivity index (χ2v) is 5.31. The van der Waals surface area contributed by atoms with Crippen LogP contribution >= 0.6 is 11.6 Å². The van der Waals surface area contributed by atoms with E-state index in [9.17, 15) is 9.59 Å². The predicted molar refractivity (Wildman–Crippen MR) is 90.9 cm³/mol. The summed E-state index contributed by atoms with van der Waals surface area (Å²) in [6, 6.07) is 11.3. The summed E-state index contributed by atoms with van der Waals surface area (Å²) in [6.45, 7) is 1.37. The van der Waals surface area contributed by atoms with Crippen LogP contribution in [0.1, 0.15) is 21.5 Å². The molecule has 1 amide bonds. The molecule has 7 heteroatoms. The van der Waals surface area contributed by atoms with Crippen molar-refractivity contribution in [2.24, 2.45) is 5.16 Å². The Balaban J connectivity index is 1.91. The van der Waals surface area contributed by atoms with Crippen LogP contribution in [0.25, 0.3) is 0 Å². The van der Waals surface area contributed by atoms with E-state index in [1.165, 1.54) is 18.3 Å². The van der Waals surface area contributed by atoms with Gasteiger partial charge in [-0.05, 0) is 42.3 Å². The highest BCUT2D eigenvalue weighted by molar-refractivity contribution is 6.31. The van der Waals surface area contributed by atoms with Gasteiger partial charge in [-0.3, -0.25) is 4.79 Å². The zero-order valence-corrected chi connectivity index (χ0v) is 13.6. The van der Waals surface area contributed by atoms with Crippen LogP contribution < -0.4 is 5.32 Å². The largest absolute Gasteiger partial charge is 0.452 e. The van der Waals surface area contributed by atoms with E-state index in [1.54, 1.807) is 37.3 Å². The predicted octanol–water partition coefficient (Wildman–Crippen LogP) is 3.25. The molecule has 24 heavy (non-hydrogen) atoms. The number of oxime groups is 1. The molecule has 0 aromatic heterocycles. The van der Waals surface area contributed by atoms with Crippen molar-refractivity contribution >= 4 is 35.4 Å². The maximum absolute atomic E-state index is 11.9. The molecule has 0 saturated heterocycles. The molecule has 0 heterocycles. The molecule has 6 nitrogen and oxygen atoms in total. The summed E-state index contributed by atoms with van der Waals surface area (Å²) >= 11 is 5.98. The van der Waals surface area contributed by atoms with Crippen molar-refractivity contribution in [1.82, 2.24) is 0 Å². The molecule has 2 rings (SSSR count). The van der Waals surface area contributed by atoms with E-state index >= 15 is 0 Å². The number of esters is 1. The number of amides is 1. The number of ether oxygens (including phenoxy) is 1. The molecule has 124 valence electrons. The molecule has 0 spiro atoms. The second-order valence-electron chi connectivity index (χ2n) is 4.90. The minimum absolute atomic E-state index is 0.289. The second kappa shape index (κ2) is 8.12. The van der Waals surface area contributed by atoms with Gasteiger partial charge < -0.3 is 15.3 Å². The van der Waals surface area contributed by atoms with Crippen molar-refractivity contribution < 1.29 is 19.5 Å². The number of nitrogens with zero attached hydrogens (tertiary/aromatic N) is 1. The standard InChI is InChI=1S/C17H15ClN2O4/c1-11-14(18)3-2-4-15(11)20-16(21)10-24-17(22)13-7-5-12(6-8-13)9-19-23/h2-9,23H,10H2,1H3,(H,20,21)/b19-9+. The summed E-state index contributed by atoms with van der Waals surface area (Å²) in [5.41, 5.74) is 2.22. The van der Waals surface area contributed by atoms with Crippen LogP contribution in [0.4, 0.5) is 5.69 Å². The number of hydrogen-bond acceptors (Lipinski definition) is 5. The Morgan fingerprint density at radius 2 is 1.96 bits per heavy atom. The normalized spacial score (nSPS) is 10.6. The van der Waals surface area contributed by atoms with E-state index in [0.717, 1.165) is 5.56 Å². The molecular weight excluding hydrogens is 332 g/mol. The molecule has 0 aliphatic heterocycles. The van der Waals surface area contributed by atoms with Gasteiger partial charge in [-0.25, -0.2) is 4.79 Å². The Morgan fingerprint density at radius 3 is 2.62 bits per heavy atom. The molecule has 2 aromatic rings. The number of carbonyl (C=O) groups is 2. The van der Waals surface area contributed by atoms with Gasteiger partial charge in [0.25, 0.3) is 5.91 Å². The highest BCUT2D eigenvalue weighted by Gasteiger charge is 2.11. The van der Waals surface area contributed by atoms with E-state index in [4.69, 9.17) is 21.5 Å². The number of nitrogens with one attached hydrogen (secondary N) is 1. The van der Waals surface area contributed by atoms with E-state index < -0.39 is 18.5 Å². The molecule has 0 bridgehead atoms. The third-order valence-electron chi connectivity index (χ3n) is 3.23. The van der Waals surface area contributed by atoms with Crippen LogP contribution in [0.3, 0.4) is 0 Å². The zero-order valence-electron chi connectivity index (χ0n) is 12.8. The molecular formula is C17H15ClN2O4. The van der Waals surface area contributed by atoms with E-state index in [2.05, 4.69) is 10.5 Å². The third kappa shape index (κ3) is 4.57. The number of halogens is 1. The van der Waals surface area contributed by atoms with Gasteiger partial charge in [0.2, 0.25) is 0 Å². The fourth-order valence-electron chi connectivity index (χ4n) is 1.92. The van der Waals surface area contributed by atoms with Gasteiger partial charge in [0.1, 0.15) is 0 Å². The SMILES string of the molecule is Cc1c(Cl)cccc1NC(=O)COC(=O)c1ccc(/C=N/O)cc1. The first-order valence-electron chi connectivity index (χ1n) is 7.01. The first kappa shape index (κ1) is 17.5. The van der Waals surface area contributed by atoms with Gasteiger partial charge in [-0.15, -0.1) is 0 Å². The Labute approximate surface area is 143 Å². The van der Waals surface area contributed by atoms with Crippen molar-refractivity contribution in [2.75, 3.05) is 11.9 Å². The van der Waals surface area contributed by atoms with Crippen LogP contribution in [0.15, 0.2) is 47.6 Å². The van der Waals surface area contributed by atoms with Gasteiger partial charge in [0.15, 0.2) is 6.61 Å². The summed E-state index contributed by atoms with van der Waals surface area (Å²) in [5.74, 6) is -1.08. The van der Waals surface area contributed by atoms with Crippen LogP contribution in [0.2, 0.25) is 5.02 Å². The number of rotatable bonds is 5. The molecule has 0 saturated carbocycles. The Morgan fingerprint density at radius 1 is 1.25 bits per heavy atom. The maximum Gasteiger partial charge on any atom is 0.338 e. The van der Waals surface area contributed by atoms with Crippen LogP contribution in [0, 0.1) is 6.92 Å². The number of anilines is 1. The first-order valence-corrected chi connectivity index (χ1v) is 7.38. The fourth-order valence-corrected chi connectivity index (χ4v) is 2.09. The number of carbonyl (C=O) groups excluding carboxylic acids is 2.